The summed E-state index contributed by atoms with van der Waals surface area (Å²) in [5, 5.41) is 0. The van der Waals surface area contributed by atoms with Gasteiger partial charge in [0.2, 0.25) is 5.95 Å². The van der Waals surface area contributed by atoms with Gasteiger partial charge in [0.25, 0.3) is 0 Å². The van der Waals surface area contributed by atoms with Gasteiger partial charge in [0.05, 0.1) is 38.0 Å². The van der Waals surface area contributed by atoms with Crippen LogP contribution in [0.4, 0.5) is 17.5 Å². The number of benzene rings is 1. The Labute approximate surface area is 204 Å². The van der Waals surface area contributed by atoms with E-state index < -0.39 is 0 Å². The smallest absolute Gasteiger partial charge is 0.225 e. The molecule has 0 bridgehead atoms. The summed E-state index contributed by atoms with van der Waals surface area (Å²) in [6.45, 7) is 7.42. The molecule has 5 heterocycles. The molecule has 1 aromatic carbocycles. The van der Waals surface area contributed by atoms with Crippen LogP contribution in [-0.4, -0.2) is 71.3 Å². The van der Waals surface area contributed by atoms with Crippen molar-refractivity contribution in [1.82, 2.24) is 19.9 Å². The molecule has 3 aliphatic heterocycles. The Balaban J connectivity index is 1.36. The van der Waals surface area contributed by atoms with E-state index in [1.54, 1.807) is 12.4 Å². The highest BCUT2D eigenvalue weighted by atomic mass is 16.5. The first kappa shape index (κ1) is 21.7. The Morgan fingerprint density at radius 2 is 1.74 bits per heavy atom. The summed E-state index contributed by atoms with van der Waals surface area (Å²) in [6.07, 6.45) is 4.41. The van der Waals surface area contributed by atoms with Crippen LogP contribution in [0.2, 0.25) is 0 Å². The molecule has 0 spiro atoms. The maximum Gasteiger partial charge on any atom is 0.225 e. The van der Waals surface area contributed by atoms with Crippen LogP contribution in [0.1, 0.15) is 18.2 Å². The molecule has 0 amide bonds. The van der Waals surface area contributed by atoms with Crippen LogP contribution >= 0.6 is 0 Å². The summed E-state index contributed by atoms with van der Waals surface area (Å²) in [4.78, 5) is 30.0. The van der Waals surface area contributed by atoms with E-state index in [1.807, 2.05) is 6.07 Å². The van der Waals surface area contributed by atoms with Crippen LogP contribution < -0.4 is 20.4 Å². The van der Waals surface area contributed by atoms with Crippen molar-refractivity contribution in [2.45, 2.75) is 25.9 Å². The number of anilines is 3. The molecule has 1 fully saturated rings. The van der Waals surface area contributed by atoms with Crippen molar-refractivity contribution in [2.75, 3.05) is 54.1 Å². The molecule has 1 saturated heterocycles. The number of hydrogen-bond donors (Lipinski definition) is 1. The number of aromatic nitrogens is 4. The zero-order chi connectivity index (χ0) is 23.8. The monoisotopic (exact) mass is 471 g/mol. The second-order valence-electron chi connectivity index (χ2n) is 9.08. The molecule has 10 heteroatoms. The number of morpholine rings is 1. The summed E-state index contributed by atoms with van der Waals surface area (Å²) in [7, 11) is 0. The summed E-state index contributed by atoms with van der Waals surface area (Å²) >= 11 is 0. The number of nitrogens with zero attached hydrogens (tertiary/aromatic N) is 8. The van der Waals surface area contributed by atoms with E-state index in [0.717, 1.165) is 60.6 Å². The fourth-order valence-electron chi connectivity index (χ4n) is 4.97. The predicted octanol–water partition coefficient (Wildman–Crippen LogP) is 1.86. The molecule has 1 atom stereocenters. The van der Waals surface area contributed by atoms with Crippen LogP contribution in [0.3, 0.4) is 0 Å². The van der Waals surface area contributed by atoms with Gasteiger partial charge in [-0.15, -0.1) is 0 Å². The highest BCUT2D eigenvalue weighted by Gasteiger charge is 2.28. The van der Waals surface area contributed by atoms with Gasteiger partial charge in [0.1, 0.15) is 5.82 Å². The summed E-state index contributed by atoms with van der Waals surface area (Å²) < 4.78 is 5.60. The third-order valence-electron chi connectivity index (χ3n) is 6.80. The van der Waals surface area contributed by atoms with Gasteiger partial charge in [0, 0.05) is 48.8 Å². The van der Waals surface area contributed by atoms with Gasteiger partial charge in [-0.1, -0.05) is 0 Å². The third kappa shape index (κ3) is 4.14. The zero-order valence-electron chi connectivity index (χ0n) is 19.8. The van der Waals surface area contributed by atoms with Gasteiger partial charge >= 0.3 is 0 Å². The Bertz CT molecular complexity index is 1230. The number of nitrogens with two attached hydrogens (primary N) is 1. The summed E-state index contributed by atoms with van der Waals surface area (Å²) in [5.41, 5.74) is 10.4. The normalized spacial score (nSPS) is 20.1. The van der Waals surface area contributed by atoms with Crippen LogP contribution in [0.15, 0.2) is 47.7 Å². The van der Waals surface area contributed by atoms with Crippen LogP contribution in [0.5, 0.6) is 0 Å². The lowest BCUT2D eigenvalue weighted by atomic mass is 10.0. The Morgan fingerprint density at radius 1 is 0.971 bits per heavy atom. The minimum absolute atomic E-state index is 0.250. The van der Waals surface area contributed by atoms with Crippen molar-refractivity contribution >= 4 is 23.4 Å². The molecule has 2 aromatic heterocycles. The average Bonchev–Trinajstić information content (AvgIpc) is 3.26. The lowest BCUT2D eigenvalue weighted by molar-refractivity contribution is 0.122. The molecule has 180 valence electrons. The lowest BCUT2D eigenvalue weighted by Gasteiger charge is -2.34. The highest BCUT2D eigenvalue weighted by Crippen LogP contribution is 2.32. The van der Waals surface area contributed by atoms with E-state index in [0.29, 0.717) is 32.3 Å². The van der Waals surface area contributed by atoms with E-state index in [-0.39, 0.29) is 6.04 Å². The standard InChI is InChI=1S/C25H29N9O/c1-17-15-29-24(26)34(17)19-5-3-18(4-6-19)22-30-21-16-33(25-27-8-2-9-28-25)10-7-20(21)23(31-22)32-11-13-35-14-12-32/h2-6,8-9,17H,7,10-16H2,1H3,(H2,26,29). The first-order chi connectivity index (χ1) is 17.2. The Morgan fingerprint density at radius 3 is 2.46 bits per heavy atom. The quantitative estimate of drug-likeness (QED) is 0.610. The first-order valence-corrected chi connectivity index (χ1v) is 12.1. The number of aliphatic imine (C=N–C) groups is 1. The fourth-order valence-corrected chi connectivity index (χ4v) is 4.97. The average molecular weight is 472 g/mol. The van der Waals surface area contributed by atoms with Crippen molar-refractivity contribution in [3.63, 3.8) is 0 Å². The number of hydrogen-bond acceptors (Lipinski definition) is 10. The lowest BCUT2D eigenvalue weighted by Crippen LogP contribution is -2.40. The van der Waals surface area contributed by atoms with Crippen molar-refractivity contribution in [3.05, 3.63) is 54.0 Å². The zero-order valence-corrected chi connectivity index (χ0v) is 19.8. The third-order valence-corrected chi connectivity index (χ3v) is 6.80. The number of guanidine groups is 1. The summed E-state index contributed by atoms with van der Waals surface area (Å²) in [6, 6.07) is 10.4. The van der Waals surface area contributed by atoms with Gasteiger partial charge in [-0.2, -0.15) is 0 Å². The van der Waals surface area contributed by atoms with E-state index in [9.17, 15) is 0 Å². The Kier molecular flexibility index (Phi) is 5.65. The SMILES string of the molecule is CC1CN=C(N)N1c1ccc(-c2nc3c(c(N4CCOCC4)n2)CCN(c2ncccn2)C3)cc1. The van der Waals surface area contributed by atoms with Crippen molar-refractivity contribution in [2.24, 2.45) is 10.7 Å². The Hall–Kier alpha value is -3.79. The van der Waals surface area contributed by atoms with Gasteiger partial charge < -0.3 is 25.2 Å². The van der Waals surface area contributed by atoms with Crippen molar-refractivity contribution in [1.29, 1.82) is 0 Å². The van der Waals surface area contributed by atoms with Crippen LogP contribution in [0.25, 0.3) is 11.4 Å². The maximum absolute atomic E-state index is 6.11. The molecule has 0 saturated carbocycles. The molecule has 2 N–H and O–H groups in total. The minimum atomic E-state index is 0.250. The van der Waals surface area contributed by atoms with Crippen molar-refractivity contribution < 1.29 is 4.74 Å². The second kappa shape index (κ2) is 9.10. The number of rotatable bonds is 4. The molecule has 35 heavy (non-hydrogen) atoms. The van der Waals surface area contributed by atoms with E-state index in [1.165, 1.54) is 5.56 Å². The van der Waals surface area contributed by atoms with E-state index in [2.05, 4.69) is 60.8 Å². The number of fused-ring (bicyclic) bond motifs is 1. The maximum atomic E-state index is 6.11. The van der Waals surface area contributed by atoms with Crippen molar-refractivity contribution in [3.8, 4) is 11.4 Å². The molecule has 10 nitrogen and oxygen atoms in total. The highest BCUT2D eigenvalue weighted by molar-refractivity contribution is 5.97. The minimum Gasteiger partial charge on any atom is -0.378 e. The molecular weight excluding hydrogens is 442 g/mol. The number of ether oxygens (including phenoxy) is 1. The predicted molar refractivity (Wildman–Crippen MR) is 136 cm³/mol. The van der Waals surface area contributed by atoms with Gasteiger partial charge in [-0.25, -0.2) is 19.9 Å². The molecule has 0 radical (unpaired) electrons. The molecule has 1 unspecified atom stereocenters. The van der Waals surface area contributed by atoms with E-state index in [4.69, 9.17) is 20.4 Å². The fraction of sp³-hybridized carbons (Fsp3) is 0.400. The van der Waals surface area contributed by atoms with Crippen LogP contribution in [-0.2, 0) is 17.7 Å². The first-order valence-electron chi connectivity index (χ1n) is 12.1. The molecule has 3 aromatic rings. The van der Waals surface area contributed by atoms with Crippen LogP contribution in [0, 0.1) is 0 Å². The molecule has 0 aliphatic carbocycles. The molecular formula is C25H29N9O. The van der Waals surface area contributed by atoms with Gasteiger partial charge in [0.15, 0.2) is 11.8 Å². The summed E-state index contributed by atoms with van der Waals surface area (Å²) in [5.74, 6) is 3.04. The van der Waals surface area contributed by atoms with E-state index >= 15 is 0 Å². The molecule has 3 aliphatic rings. The largest absolute Gasteiger partial charge is 0.378 e. The topological polar surface area (TPSA) is 109 Å². The molecule has 6 rings (SSSR count). The second-order valence-corrected chi connectivity index (χ2v) is 9.08. The van der Waals surface area contributed by atoms with Gasteiger partial charge in [-0.05, 0) is 43.7 Å². The van der Waals surface area contributed by atoms with Gasteiger partial charge in [-0.3, -0.25) is 4.99 Å².